The fourth-order valence-corrected chi connectivity index (χ4v) is 3.76. The van der Waals surface area contributed by atoms with E-state index in [0.717, 1.165) is 51.9 Å². The minimum Gasteiger partial charge on any atom is -0.392 e. The first-order valence-electron chi connectivity index (χ1n) is 7.81. The lowest BCUT2D eigenvalue weighted by atomic mass is 9.72. The van der Waals surface area contributed by atoms with Gasteiger partial charge in [0.15, 0.2) is 0 Å². The summed E-state index contributed by atoms with van der Waals surface area (Å²) in [5.74, 6) is 0.188. The summed E-state index contributed by atoms with van der Waals surface area (Å²) < 4.78 is 0. The first kappa shape index (κ1) is 15.7. The molecule has 2 N–H and O–H groups in total. The molecule has 1 aliphatic heterocycles. The Morgan fingerprint density at radius 3 is 2.10 bits per heavy atom. The van der Waals surface area contributed by atoms with Gasteiger partial charge in [0, 0.05) is 32.2 Å². The van der Waals surface area contributed by atoms with Crippen LogP contribution in [0.25, 0.3) is 0 Å². The highest BCUT2D eigenvalue weighted by molar-refractivity contribution is 7.80. The van der Waals surface area contributed by atoms with Gasteiger partial charge in [0.05, 0.1) is 10.4 Å². The highest BCUT2D eigenvalue weighted by Crippen LogP contribution is 2.38. The number of thiocarbonyl (C=S) groups is 1. The number of nitrogens with two attached hydrogens (primary N) is 1. The van der Waals surface area contributed by atoms with Crippen molar-refractivity contribution < 1.29 is 4.79 Å². The molecule has 0 aromatic carbocycles. The number of rotatable bonds is 3. The third-order valence-electron chi connectivity index (χ3n) is 4.92. The Kier molecular flexibility index (Phi) is 5.02. The molecule has 0 bridgehead atoms. The van der Waals surface area contributed by atoms with Crippen molar-refractivity contribution in [3.05, 3.63) is 0 Å². The Labute approximate surface area is 127 Å². The van der Waals surface area contributed by atoms with Crippen molar-refractivity contribution in [1.82, 2.24) is 9.80 Å². The lowest BCUT2D eigenvalue weighted by Crippen LogP contribution is -2.57. The van der Waals surface area contributed by atoms with E-state index in [4.69, 9.17) is 18.0 Å². The zero-order chi connectivity index (χ0) is 14.8. The average Bonchev–Trinajstić information content (AvgIpc) is 2.47. The van der Waals surface area contributed by atoms with Crippen molar-refractivity contribution in [2.45, 2.75) is 52.0 Å². The molecule has 1 saturated carbocycles. The Morgan fingerprint density at radius 2 is 1.65 bits per heavy atom. The maximum atomic E-state index is 12.9. The number of hydrogen-bond acceptors (Lipinski definition) is 3. The fraction of sp³-hybridized carbons (Fsp3) is 0.867. The van der Waals surface area contributed by atoms with Crippen LogP contribution in [0.2, 0.25) is 0 Å². The quantitative estimate of drug-likeness (QED) is 0.807. The van der Waals surface area contributed by atoms with E-state index in [0.29, 0.717) is 11.0 Å². The number of nitrogens with zero attached hydrogens (tertiary/aromatic N) is 2. The predicted octanol–water partition coefficient (Wildman–Crippen LogP) is 1.78. The molecule has 20 heavy (non-hydrogen) atoms. The summed E-state index contributed by atoms with van der Waals surface area (Å²) in [5.41, 5.74) is 5.41. The molecule has 0 unspecified atom stereocenters. The van der Waals surface area contributed by atoms with Crippen LogP contribution < -0.4 is 5.73 Å². The Hall–Kier alpha value is -0.680. The van der Waals surface area contributed by atoms with Gasteiger partial charge in [-0.15, -0.1) is 0 Å². The summed E-state index contributed by atoms with van der Waals surface area (Å²) in [7, 11) is 0. The number of carbonyl (C=O) groups is 1. The van der Waals surface area contributed by atoms with Gasteiger partial charge in [-0.25, -0.2) is 0 Å². The lowest BCUT2D eigenvalue weighted by molar-refractivity contribution is -0.141. The molecular weight excluding hydrogens is 270 g/mol. The first-order valence-corrected chi connectivity index (χ1v) is 8.21. The molecule has 2 aliphatic rings. The van der Waals surface area contributed by atoms with Crippen molar-refractivity contribution in [2.24, 2.45) is 11.1 Å². The number of hydrogen-bond donors (Lipinski definition) is 1. The second kappa shape index (κ2) is 6.39. The Morgan fingerprint density at radius 1 is 1.10 bits per heavy atom. The van der Waals surface area contributed by atoms with Crippen molar-refractivity contribution in [1.29, 1.82) is 0 Å². The molecule has 114 valence electrons. The standard InChI is InChI=1S/C15H27N3OS/c1-12(2)17-8-10-18(11-9-17)14(19)15(13(16)20)6-4-3-5-7-15/h12H,3-11H2,1-2H3,(H2,16,20). The SMILES string of the molecule is CC(C)N1CCN(C(=O)C2(C(N)=S)CCCCC2)CC1. The van der Waals surface area contributed by atoms with Crippen molar-refractivity contribution in [3.8, 4) is 0 Å². The zero-order valence-electron chi connectivity index (χ0n) is 12.7. The summed E-state index contributed by atoms with van der Waals surface area (Å²) in [4.78, 5) is 17.7. The van der Waals surface area contributed by atoms with Crippen LogP contribution in [0.4, 0.5) is 0 Å². The number of carbonyl (C=O) groups excluding carboxylic acids is 1. The average molecular weight is 297 g/mol. The molecule has 1 heterocycles. The maximum absolute atomic E-state index is 12.9. The van der Waals surface area contributed by atoms with Crippen molar-refractivity contribution >= 4 is 23.1 Å². The van der Waals surface area contributed by atoms with Gasteiger partial charge in [0.1, 0.15) is 0 Å². The van der Waals surface area contributed by atoms with E-state index < -0.39 is 5.41 Å². The molecule has 2 rings (SSSR count). The van der Waals surface area contributed by atoms with Gasteiger partial charge in [0.2, 0.25) is 5.91 Å². The van der Waals surface area contributed by atoms with Gasteiger partial charge < -0.3 is 10.6 Å². The molecule has 0 radical (unpaired) electrons. The topological polar surface area (TPSA) is 49.6 Å². The minimum absolute atomic E-state index is 0.188. The lowest BCUT2D eigenvalue weighted by Gasteiger charge is -2.43. The second-order valence-corrected chi connectivity index (χ2v) is 6.87. The van der Waals surface area contributed by atoms with Gasteiger partial charge in [-0.3, -0.25) is 9.69 Å². The van der Waals surface area contributed by atoms with Crippen LogP contribution in [-0.4, -0.2) is 52.9 Å². The van der Waals surface area contributed by atoms with Gasteiger partial charge in [-0.2, -0.15) is 0 Å². The molecule has 1 aliphatic carbocycles. The third-order valence-corrected chi connectivity index (χ3v) is 5.31. The largest absolute Gasteiger partial charge is 0.392 e. The Bertz CT molecular complexity index is 369. The van der Waals surface area contributed by atoms with Crippen LogP contribution in [0.1, 0.15) is 46.0 Å². The second-order valence-electron chi connectivity index (χ2n) is 6.43. The minimum atomic E-state index is -0.548. The molecule has 5 heteroatoms. The van der Waals surface area contributed by atoms with E-state index in [1.54, 1.807) is 0 Å². The molecule has 2 fully saturated rings. The van der Waals surface area contributed by atoms with Gasteiger partial charge >= 0.3 is 0 Å². The number of piperazine rings is 1. The molecule has 0 aromatic rings. The van der Waals surface area contributed by atoms with E-state index in [-0.39, 0.29) is 5.91 Å². The van der Waals surface area contributed by atoms with Crippen LogP contribution in [0.3, 0.4) is 0 Å². The maximum Gasteiger partial charge on any atom is 0.235 e. The molecule has 4 nitrogen and oxygen atoms in total. The van der Waals surface area contributed by atoms with E-state index in [2.05, 4.69) is 18.7 Å². The van der Waals surface area contributed by atoms with E-state index >= 15 is 0 Å². The Balaban J connectivity index is 2.04. The first-order chi connectivity index (χ1) is 9.47. The predicted molar refractivity (Wildman–Crippen MR) is 85.6 cm³/mol. The normalized spacial score (nSPS) is 23.9. The summed E-state index contributed by atoms with van der Waals surface area (Å²) in [6, 6.07) is 0.548. The van der Waals surface area contributed by atoms with Crippen LogP contribution >= 0.6 is 12.2 Å². The molecule has 1 saturated heterocycles. The monoisotopic (exact) mass is 297 g/mol. The van der Waals surface area contributed by atoms with E-state index in [1.807, 2.05) is 4.90 Å². The van der Waals surface area contributed by atoms with Crippen molar-refractivity contribution in [3.63, 3.8) is 0 Å². The van der Waals surface area contributed by atoms with E-state index in [9.17, 15) is 4.79 Å². The van der Waals surface area contributed by atoms with Crippen LogP contribution in [0.5, 0.6) is 0 Å². The summed E-state index contributed by atoms with van der Waals surface area (Å²) in [5, 5.41) is 0. The van der Waals surface area contributed by atoms with Crippen LogP contribution in [0, 0.1) is 5.41 Å². The highest BCUT2D eigenvalue weighted by atomic mass is 32.1. The van der Waals surface area contributed by atoms with E-state index in [1.165, 1.54) is 6.42 Å². The summed E-state index contributed by atoms with van der Waals surface area (Å²) >= 11 is 5.26. The van der Waals surface area contributed by atoms with Gasteiger partial charge in [0.25, 0.3) is 0 Å². The van der Waals surface area contributed by atoms with Gasteiger partial charge in [-0.05, 0) is 26.7 Å². The molecule has 0 aromatic heterocycles. The van der Waals surface area contributed by atoms with Crippen LogP contribution in [-0.2, 0) is 4.79 Å². The van der Waals surface area contributed by atoms with Crippen molar-refractivity contribution in [2.75, 3.05) is 26.2 Å². The molecular formula is C15H27N3OS. The molecule has 1 amide bonds. The highest BCUT2D eigenvalue weighted by Gasteiger charge is 2.45. The van der Waals surface area contributed by atoms with Gasteiger partial charge in [-0.1, -0.05) is 31.5 Å². The molecule has 0 spiro atoms. The zero-order valence-corrected chi connectivity index (χ0v) is 13.5. The fourth-order valence-electron chi connectivity index (χ4n) is 3.47. The smallest absolute Gasteiger partial charge is 0.235 e. The number of amides is 1. The van der Waals surface area contributed by atoms with Crippen LogP contribution in [0.15, 0.2) is 0 Å². The summed E-state index contributed by atoms with van der Waals surface area (Å²) in [6.45, 7) is 7.93. The molecule has 0 atom stereocenters. The third kappa shape index (κ3) is 2.98. The summed E-state index contributed by atoms with van der Waals surface area (Å²) in [6.07, 6.45) is 5.00.